The SMILES string of the molecule is CCC(C)C(CN(CC(=O)NC(CCSC)C(=O)O)Cc1ccccc1)NC[C@H](N)CS. The van der Waals surface area contributed by atoms with Crippen molar-refractivity contribution in [2.24, 2.45) is 11.7 Å². The summed E-state index contributed by atoms with van der Waals surface area (Å²) in [4.78, 5) is 26.4. The van der Waals surface area contributed by atoms with Gasteiger partial charge in [0, 0.05) is 37.5 Å². The Morgan fingerprint density at radius 2 is 1.97 bits per heavy atom. The Labute approximate surface area is 202 Å². The predicted octanol–water partition coefficient (Wildman–Crippen LogP) is 2.07. The first-order chi connectivity index (χ1) is 15.3. The van der Waals surface area contributed by atoms with Gasteiger partial charge < -0.3 is 21.5 Å². The van der Waals surface area contributed by atoms with Crippen LogP contribution in [0.15, 0.2) is 30.3 Å². The van der Waals surface area contributed by atoms with Gasteiger partial charge in [-0.25, -0.2) is 4.79 Å². The molecule has 0 heterocycles. The Hall–Kier alpha value is -1.26. The smallest absolute Gasteiger partial charge is 0.326 e. The first kappa shape index (κ1) is 28.8. The summed E-state index contributed by atoms with van der Waals surface area (Å²) >= 11 is 5.83. The number of carbonyl (C=O) groups excluding carboxylic acids is 1. The molecule has 1 amide bonds. The van der Waals surface area contributed by atoms with Gasteiger partial charge in [-0.05, 0) is 29.9 Å². The van der Waals surface area contributed by atoms with Gasteiger partial charge in [0.2, 0.25) is 5.91 Å². The highest BCUT2D eigenvalue weighted by Gasteiger charge is 2.24. The molecule has 0 radical (unpaired) electrons. The Morgan fingerprint density at radius 3 is 2.53 bits per heavy atom. The number of rotatable bonds is 17. The molecule has 0 saturated heterocycles. The molecule has 1 aromatic carbocycles. The van der Waals surface area contributed by atoms with Crippen LogP contribution in [0.4, 0.5) is 0 Å². The monoisotopic (exact) mass is 484 g/mol. The van der Waals surface area contributed by atoms with Crippen LogP contribution in [0, 0.1) is 5.92 Å². The minimum atomic E-state index is -0.998. The van der Waals surface area contributed by atoms with E-state index in [1.165, 1.54) is 0 Å². The zero-order valence-electron chi connectivity index (χ0n) is 19.5. The maximum Gasteiger partial charge on any atom is 0.326 e. The Kier molecular flexibility index (Phi) is 14.7. The molecule has 3 unspecified atom stereocenters. The zero-order valence-corrected chi connectivity index (χ0v) is 21.2. The van der Waals surface area contributed by atoms with Crippen LogP contribution in [0.25, 0.3) is 0 Å². The van der Waals surface area contributed by atoms with E-state index in [0.717, 1.165) is 12.0 Å². The number of carbonyl (C=O) groups is 2. The number of nitrogens with one attached hydrogen (secondary N) is 2. The number of thioether (sulfide) groups is 1. The maximum absolute atomic E-state index is 12.8. The van der Waals surface area contributed by atoms with Gasteiger partial charge in [0.15, 0.2) is 0 Å². The molecule has 182 valence electrons. The summed E-state index contributed by atoms with van der Waals surface area (Å²) in [6, 6.07) is 9.23. The van der Waals surface area contributed by atoms with Gasteiger partial charge in [-0.1, -0.05) is 50.6 Å². The van der Waals surface area contributed by atoms with Crippen molar-refractivity contribution in [2.45, 2.75) is 51.4 Å². The molecule has 0 aliphatic carbocycles. The van der Waals surface area contributed by atoms with Crippen molar-refractivity contribution in [3.8, 4) is 0 Å². The van der Waals surface area contributed by atoms with E-state index >= 15 is 0 Å². The highest BCUT2D eigenvalue weighted by Crippen LogP contribution is 2.13. The van der Waals surface area contributed by atoms with E-state index in [4.69, 9.17) is 5.73 Å². The zero-order chi connectivity index (χ0) is 23.9. The lowest BCUT2D eigenvalue weighted by Gasteiger charge is -2.32. The number of nitrogens with zero attached hydrogens (tertiary/aromatic N) is 1. The lowest BCUT2D eigenvalue weighted by Crippen LogP contribution is -2.51. The van der Waals surface area contributed by atoms with Crippen molar-refractivity contribution in [1.82, 2.24) is 15.5 Å². The van der Waals surface area contributed by atoms with E-state index in [0.29, 0.717) is 43.5 Å². The molecule has 7 nitrogen and oxygen atoms in total. The second kappa shape index (κ2) is 16.4. The second-order valence-corrected chi connectivity index (χ2v) is 9.59. The third-order valence-electron chi connectivity index (χ3n) is 5.52. The molecule has 4 atom stereocenters. The number of carboxylic acid groups (broad SMARTS) is 1. The molecule has 0 spiro atoms. The number of thiol groups is 1. The summed E-state index contributed by atoms with van der Waals surface area (Å²) in [5, 5.41) is 15.7. The van der Waals surface area contributed by atoms with E-state index < -0.39 is 12.0 Å². The first-order valence-corrected chi connectivity index (χ1v) is 13.2. The normalized spacial score (nSPS) is 15.2. The number of hydrogen-bond acceptors (Lipinski definition) is 7. The second-order valence-electron chi connectivity index (χ2n) is 8.24. The average Bonchev–Trinajstić information content (AvgIpc) is 2.78. The van der Waals surface area contributed by atoms with Crippen LogP contribution in [0.1, 0.15) is 32.3 Å². The summed E-state index contributed by atoms with van der Waals surface area (Å²) in [5.74, 6) is 0.391. The summed E-state index contributed by atoms with van der Waals surface area (Å²) in [6.45, 7) is 6.37. The molecule has 1 aromatic rings. The quantitative estimate of drug-likeness (QED) is 0.216. The number of hydrogen-bond donors (Lipinski definition) is 5. The highest BCUT2D eigenvalue weighted by atomic mass is 32.2. The van der Waals surface area contributed by atoms with Crippen LogP contribution in [0.2, 0.25) is 0 Å². The fraction of sp³-hybridized carbons (Fsp3) is 0.652. The fourth-order valence-electron chi connectivity index (χ4n) is 3.34. The molecule has 0 saturated carbocycles. The van der Waals surface area contributed by atoms with Crippen LogP contribution in [0.5, 0.6) is 0 Å². The van der Waals surface area contributed by atoms with E-state index in [-0.39, 0.29) is 24.5 Å². The van der Waals surface area contributed by atoms with E-state index in [1.807, 2.05) is 36.6 Å². The number of carboxylic acids is 1. The minimum absolute atomic E-state index is 0.0384. The Balaban J connectivity index is 2.92. The van der Waals surface area contributed by atoms with Crippen LogP contribution < -0.4 is 16.4 Å². The van der Waals surface area contributed by atoms with E-state index in [9.17, 15) is 14.7 Å². The number of nitrogens with two attached hydrogens (primary N) is 1. The molecule has 0 fully saturated rings. The highest BCUT2D eigenvalue weighted by molar-refractivity contribution is 7.98. The molecule has 9 heteroatoms. The van der Waals surface area contributed by atoms with Gasteiger partial charge in [0.25, 0.3) is 0 Å². The largest absolute Gasteiger partial charge is 0.480 e. The maximum atomic E-state index is 12.8. The molecular formula is C23H40N4O3S2. The van der Waals surface area contributed by atoms with Gasteiger partial charge in [-0.15, -0.1) is 0 Å². The Morgan fingerprint density at radius 1 is 1.28 bits per heavy atom. The van der Waals surface area contributed by atoms with Gasteiger partial charge in [0.1, 0.15) is 6.04 Å². The fourth-order valence-corrected chi connectivity index (χ4v) is 3.94. The number of benzene rings is 1. The summed E-state index contributed by atoms with van der Waals surface area (Å²) in [5.41, 5.74) is 7.15. The van der Waals surface area contributed by atoms with E-state index in [1.54, 1.807) is 11.8 Å². The molecule has 0 aromatic heterocycles. The van der Waals surface area contributed by atoms with Gasteiger partial charge in [-0.2, -0.15) is 24.4 Å². The lowest BCUT2D eigenvalue weighted by atomic mass is 9.98. The molecular weight excluding hydrogens is 444 g/mol. The van der Waals surface area contributed by atoms with Crippen molar-refractivity contribution in [2.75, 3.05) is 37.4 Å². The van der Waals surface area contributed by atoms with E-state index in [2.05, 4.69) is 42.0 Å². The van der Waals surface area contributed by atoms with Gasteiger partial charge >= 0.3 is 5.97 Å². The minimum Gasteiger partial charge on any atom is -0.480 e. The van der Waals surface area contributed by atoms with Crippen molar-refractivity contribution in [3.05, 3.63) is 35.9 Å². The number of aliphatic carboxylic acids is 1. The van der Waals surface area contributed by atoms with Crippen molar-refractivity contribution in [1.29, 1.82) is 0 Å². The van der Waals surface area contributed by atoms with Gasteiger partial charge in [-0.3, -0.25) is 9.69 Å². The summed E-state index contributed by atoms with van der Waals surface area (Å²) in [7, 11) is 0. The lowest BCUT2D eigenvalue weighted by molar-refractivity contribution is -0.142. The third-order valence-corrected chi connectivity index (χ3v) is 6.64. The summed E-state index contributed by atoms with van der Waals surface area (Å²) in [6.07, 6.45) is 3.32. The molecule has 5 N–H and O–H groups in total. The van der Waals surface area contributed by atoms with Crippen LogP contribution in [0.3, 0.4) is 0 Å². The first-order valence-electron chi connectivity index (χ1n) is 11.2. The molecule has 32 heavy (non-hydrogen) atoms. The molecule has 0 bridgehead atoms. The summed E-state index contributed by atoms with van der Waals surface area (Å²) < 4.78 is 0. The standard InChI is InChI=1S/C23H40N4O3S2/c1-4-17(2)21(25-12-19(24)16-31)14-27(13-18-8-6-5-7-9-18)15-22(28)26-20(23(29)30)10-11-32-3/h5-9,17,19-21,25,31H,4,10-16,24H2,1-3H3,(H,26,28)(H,29,30)/t17?,19-,20?,21?/m0/s1. The molecule has 0 aliphatic heterocycles. The third kappa shape index (κ3) is 11.6. The molecule has 0 aliphatic rings. The topological polar surface area (TPSA) is 108 Å². The van der Waals surface area contributed by atoms with Crippen molar-refractivity contribution >= 4 is 36.3 Å². The van der Waals surface area contributed by atoms with Crippen LogP contribution >= 0.6 is 24.4 Å². The van der Waals surface area contributed by atoms with Crippen molar-refractivity contribution < 1.29 is 14.7 Å². The molecule has 1 rings (SSSR count). The van der Waals surface area contributed by atoms with Crippen LogP contribution in [-0.4, -0.2) is 77.4 Å². The van der Waals surface area contributed by atoms with Gasteiger partial charge in [0.05, 0.1) is 6.54 Å². The Bertz CT molecular complexity index is 666. The van der Waals surface area contributed by atoms with Crippen molar-refractivity contribution in [3.63, 3.8) is 0 Å². The van der Waals surface area contributed by atoms with Crippen LogP contribution in [-0.2, 0) is 16.1 Å². The average molecular weight is 485 g/mol. The predicted molar refractivity (Wildman–Crippen MR) is 137 cm³/mol. The number of amides is 1.